The van der Waals surface area contributed by atoms with E-state index in [1.165, 1.54) is 0 Å². The van der Waals surface area contributed by atoms with Crippen LogP contribution in [0.15, 0.2) is 22.7 Å². The molecular weight excluding hydrogens is 221 g/mol. The van der Waals surface area contributed by atoms with Gasteiger partial charge in [0.15, 0.2) is 0 Å². The van der Waals surface area contributed by atoms with Crippen molar-refractivity contribution in [3.8, 4) is 0 Å². The molecule has 0 spiro atoms. The molecule has 0 aliphatic rings. The zero-order chi connectivity index (χ0) is 9.14. The molecule has 0 aliphatic heterocycles. The Kier molecular flexibility index (Phi) is 3.23. The maximum absolute atomic E-state index is 12.2. The third-order valence-corrected chi connectivity index (χ3v) is 2.41. The lowest BCUT2D eigenvalue weighted by Gasteiger charge is -2.09. The average molecular weight is 232 g/mol. The number of nitrogens with two attached hydrogens (primary N) is 1. The first-order valence-corrected chi connectivity index (χ1v) is 4.52. The van der Waals surface area contributed by atoms with Gasteiger partial charge in [0, 0.05) is 4.47 Å². The molecule has 0 amide bonds. The van der Waals surface area contributed by atoms with Crippen LogP contribution >= 0.6 is 15.9 Å². The third-order valence-electron chi connectivity index (χ3n) is 1.72. The van der Waals surface area contributed by atoms with Crippen molar-refractivity contribution in [2.45, 2.75) is 13.0 Å². The van der Waals surface area contributed by atoms with E-state index in [1.54, 1.807) is 0 Å². The fourth-order valence-electron chi connectivity index (χ4n) is 1.02. The molecule has 1 nitrogen and oxygen atoms in total. The summed E-state index contributed by atoms with van der Waals surface area (Å²) in [6.45, 7) is 1.46. The fraction of sp³-hybridized carbons (Fsp3) is 0.333. The van der Waals surface area contributed by atoms with E-state index in [0.717, 1.165) is 15.6 Å². The van der Waals surface area contributed by atoms with E-state index in [1.807, 2.05) is 25.1 Å². The highest BCUT2D eigenvalue weighted by molar-refractivity contribution is 9.10. The molecule has 1 rings (SSSR count). The largest absolute Gasteiger partial charge is 0.322 e. The normalized spacial score (nSPS) is 13.0. The number of alkyl halides is 1. The van der Waals surface area contributed by atoms with Crippen LogP contribution in [0.3, 0.4) is 0 Å². The standard InChI is InChI=1S/C9H11BrFN/c1-6-2-3-7(8(10)4-6)9(12)5-11/h2-4,9H,5,12H2,1H3/t9-/m0/s1. The summed E-state index contributed by atoms with van der Waals surface area (Å²) in [7, 11) is 0. The lowest BCUT2D eigenvalue weighted by atomic mass is 10.1. The molecule has 0 heterocycles. The molecule has 0 radical (unpaired) electrons. The SMILES string of the molecule is Cc1ccc([C@@H](N)CF)c(Br)c1. The number of benzene rings is 1. The van der Waals surface area contributed by atoms with E-state index in [4.69, 9.17) is 5.73 Å². The van der Waals surface area contributed by atoms with Gasteiger partial charge in [-0.2, -0.15) is 0 Å². The van der Waals surface area contributed by atoms with Crippen LogP contribution in [-0.2, 0) is 0 Å². The maximum atomic E-state index is 12.2. The molecular formula is C9H11BrFN. The second-order valence-electron chi connectivity index (χ2n) is 2.79. The molecule has 2 N–H and O–H groups in total. The Morgan fingerprint density at radius 2 is 2.25 bits per heavy atom. The molecule has 12 heavy (non-hydrogen) atoms. The van der Waals surface area contributed by atoms with Crippen LogP contribution in [0.1, 0.15) is 17.2 Å². The molecule has 0 aromatic heterocycles. The van der Waals surface area contributed by atoms with Crippen molar-refractivity contribution in [2.24, 2.45) is 5.73 Å². The number of aryl methyl sites for hydroxylation is 1. The number of rotatable bonds is 2. The Morgan fingerprint density at radius 1 is 1.58 bits per heavy atom. The van der Waals surface area contributed by atoms with Gasteiger partial charge in [-0.05, 0) is 24.1 Å². The topological polar surface area (TPSA) is 26.0 Å². The molecule has 0 aliphatic carbocycles. The van der Waals surface area contributed by atoms with E-state index in [0.29, 0.717) is 0 Å². The zero-order valence-electron chi connectivity index (χ0n) is 6.85. The van der Waals surface area contributed by atoms with Gasteiger partial charge in [0.25, 0.3) is 0 Å². The van der Waals surface area contributed by atoms with E-state index in [2.05, 4.69) is 15.9 Å². The minimum Gasteiger partial charge on any atom is -0.322 e. The Balaban J connectivity index is 3.01. The molecule has 0 saturated heterocycles. The molecule has 0 fully saturated rings. The Morgan fingerprint density at radius 3 is 2.75 bits per heavy atom. The number of hydrogen-bond donors (Lipinski definition) is 1. The first kappa shape index (κ1) is 9.68. The van der Waals surface area contributed by atoms with Crippen molar-refractivity contribution >= 4 is 15.9 Å². The summed E-state index contributed by atoms with van der Waals surface area (Å²) in [6, 6.07) is 5.20. The van der Waals surface area contributed by atoms with Crippen LogP contribution in [0, 0.1) is 6.92 Å². The van der Waals surface area contributed by atoms with Crippen molar-refractivity contribution < 1.29 is 4.39 Å². The first-order chi connectivity index (χ1) is 5.65. The smallest absolute Gasteiger partial charge is 0.109 e. The minimum atomic E-state index is -0.526. The summed E-state index contributed by atoms with van der Waals surface area (Å²) in [5.41, 5.74) is 7.50. The van der Waals surface area contributed by atoms with Gasteiger partial charge in [0.2, 0.25) is 0 Å². The summed E-state index contributed by atoms with van der Waals surface area (Å²) in [5.74, 6) is 0. The van der Waals surface area contributed by atoms with Crippen molar-refractivity contribution in [1.29, 1.82) is 0 Å². The summed E-state index contributed by atoms with van der Waals surface area (Å²) < 4.78 is 13.1. The Hall–Kier alpha value is -0.410. The van der Waals surface area contributed by atoms with Gasteiger partial charge in [0.05, 0.1) is 6.04 Å². The summed E-state index contributed by atoms with van der Waals surface area (Å²) in [6.07, 6.45) is 0. The predicted molar refractivity (Wildman–Crippen MR) is 51.8 cm³/mol. The molecule has 1 aromatic rings. The van der Waals surface area contributed by atoms with Gasteiger partial charge in [-0.1, -0.05) is 28.1 Å². The van der Waals surface area contributed by atoms with Gasteiger partial charge in [-0.25, -0.2) is 4.39 Å². The maximum Gasteiger partial charge on any atom is 0.109 e. The molecule has 0 unspecified atom stereocenters. The van der Waals surface area contributed by atoms with Gasteiger partial charge < -0.3 is 5.73 Å². The van der Waals surface area contributed by atoms with E-state index in [9.17, 15) is 4.39 Å². The minimum absolute atomic E-state index is 0.514. The third kappa shape index (κ3) is 2.05. The van der Waals surface area contributed by atoms with Crippen molar-refractivity contribution in [3.63, 3.8) is 0 Å². The molecule has 0 bridgehead atoms. The number of hydrogen-bond acceptors (Lipinski definition) is 1. The Labute approximate surface area is 79.9 Å². The van der Waals surface area contributed by atoms with Crippen molar-refractivity contribution in [2.75, 3.05) is 6.67 Å². The molecule has 1 atom stereocenters. The molecule has 0 saturated carbocycles. The van der Waals surface area contributed by atoms with Crippen molar-refractivity contribution in [1.82, 2.24) is 0 Å². The Bertz CT molecular complexity index is 275. The zero-order valence-corrected chi connectivity index (χ0v) is 8.44. The van der Waals surface area contributed by atoms with Crippen LogP contribution in [0.2, 0.25) is 0 Å². The lowest BCUT2D eigenvalue weighted by Crippen LogP contribution is -2.12. The van der Waals surface area contributed by atoms with Crippen LogP contribution < -0.4 is 5.73 Å². The number of halogens is 2. The average Bonchev–Trinajstić information content (AvgIpc) is 2.03. The lowest BCUT2D eigenvalue weighted by molar-refractivity contribution is 0.436. The molecule has 66 valence electrons. The summed E-state index contributed by atoms with van der Waals surface area (Å²) in [4.78, 5) is 0. The van der Waals surface area contributed by atoms with Crippen LogP contribution in [0.25, 0.3) is 0 Å². The van der Waals surface area contributed by atoms with Gasteiger partial charge in [-0.3, -0.25) is 0 Å². The molecule has 3 heteroatoms. The highest BCUT2D eigenvalue weighted by Crippen LogP contribution is 2.23. The van der Waals surface area contributed by atoms with Gasteiger partial charge >= 0.3 is 0 Å². The monoisotopic (exact) mass is 231 g/mol. The van der Waals surface area contributed by atoms with E-state index < -0.39 is 12.7 Å². The van der Waals surface area contributed by atoms with Gasteiger partial charge in [-0.15, -0.1) is 0 Å². The van der Waals surface area contributed by atoms with Crippen LogP contribution in [0.5, 0.6) is 0 Å². The van der Waals surface area contributed by atoms with E-state index >= 15 is 0 Å². The van der Waals surface area contributed by atoms with Gasteiger partial charge in [0.1, 0.15) is 6.67 Å². The first-order valence-electron chi connectivity index (χ1n) is 3.72. The van der Waals surface area contributed by atoms with Crippen molar-refractivity contribution in [3.05, 3.63) is 33.8 Å². The summed E-state index contributed by atoms with van der Waals surface area (Å²) in [5, 5.41) is 0. The second-order valence-corrected chi connectivity index (χ2v) is 3.64. The summed E-state index contributed by atoms with van der Waals surface area (Å²) >= 11 is 3.34. The van der Waals surface area contributed by atoms with E-state index in [-0.39, 0.29) is 0 Å². The fourth-order valence-corrected chi connectivity index (χ4v) is 1.80. The quantitative estimate of drug-likeness (QED) is 0.833. The predicted octanol–water partition coefficient (Wildman–Crippen LogP) is 2.73. The van der Waals surface area contributed by atoms with Crippen LogP contribution in [0.4, 0.5) is 4.39 Å². The second kappa shape index (κ2) is 4.01. The highest BCUT2D eigenvalue weighted by Gasteiger charge is 2.08. The highest BCUT2D eigenvalue weighted by atomic mass is 79.9. The molecule has 1 aromatic carbocycles. The van der Waals surface area contributed by atoms with Crippen LogP contribution in [-0.4, -0.2) is 6.67 Å².